The molecule has 1 aromatic rings. The van der Waals surface area contributed by atoms with Gasteiger partial charge in [0.25, 0.3) is 0 Å². The summed E-state index contributed by atoms with van der Waals surface area (Å²) in [4.78, 5) is 122. The van der Waals surface area contributed by atoms with Gasteiger partial charge in [0.2, 0.25) is 47.3 Å². The van der Waals surface area contributed by atoms with Crippen LogP contribution in [0.5, 0.6) is 5.75 Å². The molecule has 1 aliphatic rings. The number of rotatable bonds is 33. The van der Waals surface area contributed by atoms with Crippen molar-refractivity contribution < 1.29 is 83.3 Å². The van der Waals surface area contributed by atoms with E-state index in [0.717, 1.165) is 0 Å². The molecule has 0 bridgehead atoms. The Bertz CT molecular complexity index is 2170. The number of carboxylic acids is 1. The van der Waals surface area contributed by atoms with Crippen LogP contribution in [-0.4, -0.2) is 194 Å². The van der Waals surface area contributed by atoms with E-state index in [1.165, 1.54) is 37.7 Å². The molecule has 16 N–H and O–H groups in total. The zero-order valence-corrected chi connectivity index (χ0v) is 47.8. The van der Waals surface area contributed by atoms with E-state index in [2.05, 4.69) is 42.5 Å². The van der Waals surface area contributed by atoms with E-state index in [-0.39, 0.29) is 55.6 Å². The number of thioether (sulfide) groups is 1. The summed E-state index contributed by atoms with van der Waals surface area (Å²) in [6, 6.07) is -4.33. The van der Waals surface area contributed by atoms with Crippen molar-refractivity contribution in [1.82, 2.24) is 42.5 Å². The molecule has 448 valence electrons. The third kappa shape index (κ3) is 23.5. The van der Waals surface area contributed by atoms with E-state index in [4.69, 9.17) is 15.2 Å². The Balaban J connectivity index is 2.32. The zero-order chi connectivity index (χ0) is 60.0. The van der Waals surface area contributed by atoms with Crippen molar-refractivity contribution in [2.24, 2.45) is 29.4 Å². The highest BCUT2D eigenvalue weighted by Crippen LogP contribution is 2.24. The monoisotopic (exact) mass is 1140 g/mol. The number of phenols is 1. The minimum absolute atomic E-state index is 0.000984. The fourth-order valence-corrected chi connectivity index (χ4v) is 8.71. The lowest BCUT2D eigenvalue weighted by Gasteiger charge is -2.41. The minimum atomic E-state index is -1.93. The summed E-state index contributed by atoms with van der Waals surface area (Å²) in [5.74, 6) is -8.63. The first-order valence-corrected chi connectivity index (χ1v) is 27.9. The average Bonchev–Trinajstić information content (AvgIpc) is 3.36. The van der Waals surface area contributed by atoms with Gasteiger partial charge in [0.05, 0.1) is 25.3 Å². The van der Waals surface area contributed by atoms with E-state index >= 15 is 0 Å². The number of aliphatic carboxylic acids is 1. The number of nitrogens with one attached hydrogen (secondary N) is 8. The number of aliphatic hydroxyl groups is 4. The average molecular weight is 1140 g/mol. The summed E-state index contributed by atoms with van der Waals surface area (Å²) in [6.45, 7) is 15.0. The first-order chi connectivity index (χ1) is 36.9. The molecule has 1 fully saturated rings. The van der Waals surface area contributed by atoms with Crippen molar-refractivity contribution in [3.63, 3.8) is 0 Å². The molecular weight excluding hydrogens is 1050 g/mol. The zero-order valence-electron chi connectivity index (χ0n) is 47.0. The van der Waals surface area contributed by atoms with E-state index in [0.29, 0.717) is 11.3 Å². The van der Waals surface area contributed by atoms with E-state index < -0.39 is 157 Å². The van der Waals surface area contributed by atoms with Gasteiger partial charge in [-0.2, -0.15) is 11.8 Å². The number of carbonyl (C=O) groups excluding carboxylic acids is 8. The highest BCUT2D eigenvalue weighted by atomic mass is 32.2. The fraction of sp³-hybridized carbons (Fsp3) is 0.712. The maximum Gasteiger partial charge on any atom is 0.326 e. The number of amides is 8. The predicted molar refractivity (Wildman–Crippen MR) is 290 cm³/mol. The lowest BCUT2D eigenvalue weighted by atomic mass is 9.98. The van der Waals surface area contributed by atoms with Crippen LogP contribution < -0.4 is 48.3 Å². The number of aromatic hydroxyl groups is 1. The number of nitrogens with two attached hydrogens (primary N) is 1. The number of hydrogen-bond acceptors (Lipinski definition) is 18. The van der Waals surface area contributed by atoms with Gasteiger partial charge in [0, 0.05) is 0 Å². The molecule has 2 rings (SSSR count). The number of hydrogen-bond donors (Lipinski definition) is 15. The second kappa shape index (κ2) is 33.8. The van der Waals surface area contributed by atoms with E-state index in [1.807, 2.05) is 13.8 Å². The van der Waals surface area contributed by atoms with Crippen LogP contribution in [0, 0.1) is 23.7 Å². The number of aliphatic hydroxyl groups excluding tert-OH is 4. The molecule has 27 heteroatoms. The summed E-state index contributed by atoms with van der Waals surface area (Å²) in [5.41, 5.74) is 6.81. The van der Waals surface area contributed by atoms with Gasteiger partial charge in [-0.3, -0.25) is 38.4 Å². The first kappa shape index (κ1) is 69.4. The van der Waals surface area contributed by atoms with Crippen LogP contribution in [0.15, 0.2) is 24.3 Å². The third-order valence-corrected chi connectivity index (χ3v) is 13.3. The molecule has 8 amide bonds. The normalized spacial score (nSPS) is 20.8. The van der Waals surface area contributed by atoms with Gasteiger partial charge in [-0.05, 0) is 99.3 Å². The molecule has 1 saturated heterocycles. The Labute approximate surface area is 466 Å². The molecule has 0 saturated carbocycles. The fourth-order valence-electron chi connectivity index (χ4n) is 8.24. The van der Waals surface area contributed by atoms with Crippen molar-refractivity contribution in [1.29, 1.82) is 0 Å². The Morgan fingerprint density at radius 3 is 1.61 bits per heavy atom. The van der Waals surface area contributed by atoms with Crippen molar-refractivity contribution in [3.05, 3.63) is 29.8 Å². The molecule has 1 heterocycles. The number of ether oxygens (including phenoxy) is 2. The summed E-state index contributed by atoms with van der Waals surface area (Å²) in [5, 5.41) is 81.2. The maximum atomic E-state index is 14.4. The smallest absolute Gasteiger partial charge is 0.326 e. The topological polar surface area (TPSA) is 416 Å². The van der Waals surface area contributed by atoms with Crippen LogP contribution in [0.3, 0.4) is 0 Å². The van der Waals surface area contributed by atoms with Crippen LogP contribution in [0.1, 0.15) is 100 Å². The highest BCUT2D eigenvalue weighted by Gasteiger charge is 2.46. The number of phenolic OH excluding ortho intramolecular Hbond substituents is 1. The van der Waals surface area contributed by atoms with Crippen molar-refractivity contribution in [3.8, 4) is 5.75 Å². The molecule has 14 atom stereocenters. The number of carbonyl (C=O) groups is 9. The largest absolute Gasteiger partial charge is 0.508 e. The minimum Gasteiger partial charge on any atom is -0.508 e. The molecule has 1 aromatic carbocycles. The molecular formula is C52H87N9O17S. The van der Waals surface area contributed by atoms with Gasteiger partial charge in [-0.1, -0.05) is 67.5 Å². The molecule has 1 aliphatic heterocycles. The molecule has 0 spiro atoms. The Hall–Kier alpha value is -5.68. The molecule has 0 unspecified atom stereocenters. The quantitative estimate of drug-likeness (QED) is 0.0350. The van der Waals surface area contributed by atoms with Crippen LogP contribution in [0.2, 0.25) is 0 Å². The van der Waals surface area contributed by atoms with Gasteiger partial charge in [0.15, 0.2) is 6.29 Å². The van der Waals surface area contributed by atoms with Gasteiger partial charge in [0.1, 0.15) is 72.5 Å². The third-order valence-electron chi connectivity index (χ3n) is 12.7. The molecule has 0 aliphatic carbocycles. The maximum absolute atomic E-state index is 14.4. The van der Waals surface area contributed by atoms with Crippen molar-refractivity contribution in [2.45, 2.75) is 186 Å². The van der Waals surface area contributed by atoms with E-state index in [9.17, 15) is 73.8 Å². The van der Waals surface area contributed by atoms with Crippen LogP contribution in [0.25, 0.3) is 0 Å². The lowest BCUT2D eigenvalue weighted by Crippen LogP contribution is -2.64. The van der Waals surface area contributed by atoms with Gasteiger partial charge in [-0.15, -0.1) is 0 Å². The summed E-state index contributed by atoms with van der Waals surface area (Å²) >= 11 is 1.33. The standard InChI is InChI=1S/C52H87N9O17S/c1-24(2)18-34(56-38(64)22-54-44(68)28(9)55-47(71)35(19-25(3)4)58-45(69)32(53)21-30-12-14-31(63)15-13-30)48(72)59-36(20-26(5)6)49(73)61-40(29(10)77-52-43(67)42(66)41(65)37(23-62)78-52)50(74)57-33(16-17-79-11)46(70)60-39(27(7)8)51(75)76/h12-15,24-29,32-37,39-43,52,62-63,65-67H,16-23,53H2,1-11H3,(H,54,68)(H,55,71)(H,56,64)(H,57,74)(H,58,69)(H,59,72)(H,60,70)(H,61,73)(H,75,76)/t28-,29+,32-,33-,34-,35-,36-,37+,39-,40-,41+,42+,43+,52-/m0/s1. The van der Waals surface area contributed by atoms with Crippen molar-refractivity contribution in [2.75, 3.05) is 25.2 Å². The van der Waals surface area contributed by atoms with Crippen LogP contribution in [-0.2, 0) is 59.0 Å². The molecule has 0 radical (unpaired) electrons. The summed E-state index contributed by atoms with van der Waals surface area (Å²) in [7, 11) is 0. The number of carboxylic acid groups (broad SMARTS) is 1. The Morgan fingerprint density at radius 1 is 0.620 bits per heavy atom. The van der Waals surface area contributed by atoms with E-state index in [1.54, 1.807) is 59.9 Å². The van der Waals surface area contributed by atoms with Crippen molar-refractivity contribution >= 4 is 65.0 Å². The van der Waals surface area contributed by atoms with Crippen LogP contribution in [0.4, 0.5) is 0 Å². The molecule has 26 nitrogen and oxygen atoms in total. The van der Waals surface area contributed by atoms with Gasteiger partial charge >= 0.3 is 5.97 Å². The SMILES string of the molecule is CSCC[C@H](NC(=O)[C@@H](NC(=O)[C@H](CC(C)C)NC(=O)[C@H](CC(C)C)NC(=O)CNC(=O)[C@H](C)NC(=O)[C@H](CC(C)C)NC(=O)[C@@H](N)Cc1ccc(O)cc1)[C@@H](C)O[C@H]1O[C@H](CO)[C@@H](O)[C@@H](O)[C@H]1O)C(=O)N[C@H](C(=O)O)C(C)C. The predicted octanol–water partition coefficient (Wildman–Crippen LogP) is -2.37. The lowest BCUT2D eigenvalue weighted by molar-refractivity contribution is -0.311. The van der Waals surface area contributed by atoms with Gasteiger partial charge < -0.3 is 88.4 Å². The van der Waals surface area contributed by atoms with Crippen LogP contribution >= 0.6 is 11.8 Å². The molecule has 0 aromatic heterocycles. The Morgan fingerprint density at radius 2 is 1.10 bits per heavy atom. The summed E-state index contributed by atoms with van der Waals surface area (Å²) in [6.07, 6.45) is -8.19. The molecule has 79 heavy (non-hydrogen) atoms. The Kier molecular flexibility index (Phi) is 29.7. The first-order valence-electron chi connectivity index (χ1n) is 26.5. The highest BCUT2D eigenvalue weighted by molar-refractivity contribution is 7.98. The van der Waals surface area contributed by atoms with Gasteiger partial charge in [-0.25, -0.2) is 4.79 Å². The number of benzene rings is 1. The second-order valence-electron chi connectivity index (χ2n) is 21.5. The second-order valence-corrected chi connectivity index (χ2v) is 22.5. The summed E-state index contributed by atoms with van der Waals surface area (Å²) < 4.78 is 11.4.